The van der Waals surface area contributed by atoms with Gasteiger partial charge in [0, 0.05) is 19.7 Å². The van der Waals surface area contributed by atoms with Crippen LogP contribution in [0.3, 0.4) is 0 Å². The third-order valence-electron chi connectivity index (χ3n) is 5.01. The van der Waals surface area contributed by atoms with Gasteiger partial charge in [0.2, 0.25) is 5.91 Å². The molecule has 2 fully saturated rings. The van der Waals surface area contributed by atoms with E-state index in [4.69, 9.17) is 9.15 Å². The van der Waals surface area contributed by atoms with Gasteiger partial charge in [0.25, 0.3) is 0 Å². The Morgan fingerprint density at radius 2 is 2.15 bits per heavy atom. The molecule has 0 spiro atoms. The summed E-state index contributed by atoms with van der Waals surface area (Å²) in [5.74, 6) is 2.17. The van der Waals surface area contributed by atoms with E-state index in [1.165, 1.54) is 11.8 Å². The molecule has 2 saturated heterocycles. The number of nitrogens with zero attached hydrogens (tertiary/aromatic N) is 4. The van der Waals surface area contributed by atoms with Crippen LogP contribution in [0.5, 0.6) is 0 Å². The van der Waals surface area contributed by atoms with E-state index in [1.807, 2.05) is 17.9 Å². The molecule has 0 radical (unpaired) electrons. The molecule has 1 amide bonds. The average Bonchev–Trinajstić information content (AvgIpc) is 3.42. The van der Waals surface area contributed by atoms with E-state index in [1.54, 1.807) is 6.26 Å². The second kappa shape index (κ2) is 7.84. The standard InChI is InChI=1S/C18H24N4O3S/c1-13-15(6-10-24-13)17-19-20-18(22(17)11-14-5-4-9-25-14)26-12-16(23)21-7-2-3-8-21/h6,10,14H,2-5,7-9,11-12H2,1H3/t14-/m0/s1. The molecule has 0 unspecified atom stereocenters. The summed E-state index contributed by atoms with van der Waals surface area (Å²) in [6, 6.07) is 1.91. The van der Waals surface area contributed by atoms with Crippen molar-refractivity contribution in [1.82, 2.24) is 19.7 Å². The second-order valence-corrected chi connectivity index (χ2v) is 7.76. The number of aryl methyl sites for hydroxylation is 1. The molecule has 8 heteroatoms. The Balaban J connectivity index is 1.54. The molecule has 4 heterocycles. The molecule has 0 bridgehead atoms. The minimum atomic E-state index is 0.172. The van der Waals surface area contributed by atoms with E-state index in [9.17, 15) is 4.79 Å². The maximum absolute atomic E-state index is 12.4. The minimum Gasteiger partial charge on any atom is -0.469 e. The van der Waals surface area contributed by atoms with Crippen molar-refractivity contribution in [3.63, 3.8) is 0 Å². The normalized spacial score (nSPS) is 20.2. The van der Waals surface area contributed by atoms with Crippen LogP contribution in [0.25, 0.3) is 11.4 Å². The van der Waals surface area contributed by atoms with Gasteiger partial charge in [0.05, 0.1) is 30.2 Å². The third-order valence-corrected chi connectivity index (χ3v) is 5.96. The Kier molecular flexibility index (Phi) is 5.31. The van der Waals surface area contributed by atoms with Crippen molar-refractivity contribution in [2.45, 2.75) is 50.4 Å². The molecule has 2 aromatic heterocycles. The molecule has 140 valence electrons. The molecule has 0 N–H and O–H groups in total. The van der Waals surface area contributed by atoms with Gasteiger partial charge in [-0.05, 0) is 38.7 Å². The smallest absolute Gasteiger partial charge is 0.233 e. The minimum absolute atomic E-state index is 0.172. The Morgan fingerprint density at radius 3 is 2.85 bits per heavy atom. The number of hydrogen-bond acceptors (Lipinski definition) is 6. The van der Waals surface area contributed by atoms with E-state index >= 15 is 0 Å². The number of hydrogen-bond donors (Lipinski definition) is 0. The summed E-state index contributed by atoms with van der Waals surface area (Å²) in [6.07, 6.45) is 6.18. The lowest BCUT2D eigenvalue weighted by molar-refractivity contribution is -0.127. The number of furan rings is 1. The largest absolute Gasteiger partial charge is 0.469 e. The fourth-order valence-electron chi connectivity index (χ4n) is 3.55. The highest BCUT2D eigenvalue weighted by Gasteiger charge is 2.24. The van der Waals surface area contributed by atoms with Gasteiger partial charge in [-0.15, -0.1) is 10.2 Å². The van der Waals surface area contributed by atoms with Crippen LogP contribution in [0, 0.1) is 6.92 Å². The molecule has 7 nitrogen and oxygen atoms in total. The molecule has 2 aromatic rings. The van der Waals surface area contributed by atoms with Crippen LogP contribution >= 0.6 is 11.8 Å². The van der Waals surface area contributed by atoms with E-state index < -0.39 is 0 Å². The van der Waals surface area contributed by atoms with Crippen LogP contribution in [-0.4, -0.2) is 57.1 Å². The number of aromatic nitrogens is 3. The first kappa shape index (κ1) is 17.6. The Labute approximate surface area is 157 Å². The summed E-state index contributed by atoms with van der Waals surface area (Å²) >= 11 is 1.46. The van der Waals surface area contributed by atoms with Gasteiger partial charge in [-0.1, -0.05) is 11.8 Å². The van der Waals surface area contributed by atoms with E-state index in [0.717, 1.165) is 67.7 Å². The fraction of sp³-hybridized carbons (Fsp3) is 0.611. The maximum atomic E-state index is 12.4. The summed E-state index contributed by atoms with van der Waals surface area (Å²) in [6.45, 7) is 5.18. The predicted molar refractivity (Wildman–Crippen MR) is 98.0 cm³/mol. The number of amides is 1. The van der Waals surface area contributed by atoms with E-state index in [2.05, 4.69) is 14.8 Å². The lowest BCUT2D eigenvalue weighted by Crippen LogP contribution is -2.29. The quantitative estimate of drug-likeness (QED) is 0.722. The zero-order chi connectivity index (χ0) is 17.9. The average molecular weight is 376 g/mol. The van der Waals surface area contributed by atoms with Crippen LogP contribution in [-0.2, 0) is 16.1 Å². The number of carbonyl (C=O) groups excluding carboxylic acids is 1. The van der Waals surface area contributed by atoms with Crippen molar-refractivity contribution in [3.8, 4) is 11.4 Å². The lowest BCUT2D eigenvalue weighted by Gasteiger charge is -2.16. The van der Waals surface area contributed by atoms with Crippen LogP contribution < -0.4 is 0 Å². The predicted octanol–water partition coefficient (Wildman–Crippen LogP) is 2.74. The Hall–Kier alpha value is -1.80. The van der Waals surface area contributed by atoms with Gasteiger partial charge in [0.1, 0.15) is 5.76 Å². The molecule has 0 saturated carbocycles. The fourth-order valence-corrected chi connectivity index (χ4v) is 4.40. The van der Waals surface area contributed by atoms with Gasteiger partial charge in [0.15, 0.2) is 11.0 Å². The van der Waals surface area contributed by atoms with Gasteiger partial charge >= 0.3 is 0 Å². The molecule has 0 aromatic carbocycles. The van der Waals surface area contributed by atoms with Crippen LogP contribution in [0.2, 0.25) is 0 Å². The highest BCUT2D eigenvalue weighted by atomic mass is 32.2. The van der Waals surface area contributed by atoms with E-state index in [-0.39, 0.29) is 12.0 Å². The number of rotatable bonds is 6. The lowest BCUT2D eigenvalue weighted by atomic mass is 10.2. The monoisotopic (exact) mass is 376 g/mol. The van der Waals surface area contributed by atoms with Crippen LogP contribution in [0.4, 0.5) is 0 Å². The molecule has 4 rings (SSSR count). The molecule has 1 atom stereocenters. The highest BCUT2D eigenvalue weighted by Crippen LogP contribution is 2.29. The van der Waals surface area contributed by atoms with Gasteiger partial charge in [-0.2, -0.15) is 0 Å². The number of ether oxygens (including phenoxy) is 1. The molecule has 26 heavy (non-hydrogen) atoms. The number of thioether (sulfide) groups is 1. The highest BCUT2D eigenvalue weighted by molar-refractivity contribution is 7.99. The number of likely N-dealkylation sites (tertiary alicyclic amines) is 1. The van der Waals surface area contributed by atoms with Crippen molar-refractivity contribution < 1.29 is 13.9 Å². The summed E-state index contributed by atoms with van der Waals surface area (Å²) in [5, 5.41) is 9.52. The first-order valence-electron chi connectivity index (χ1n) is 9.22. The van der Waals surface area contributed by atoms with Crippen LogP contribution in [0.15, 0.2) is 21.9 Å². The van der Waals surface area contributed by atoms with Gasteiger partial charge in [-0.3, -0.25) is 9.36 Å². The summed E-state index contributed by atoms with van der Waals surface area (Å²) < 4.78 is 13.3. The first-order valence-corrected chi connectivity index (χ1v) is 10.2. The molecule has 2 aliphatic rings. The van der Waals surface area contributed by atoms with Crippen molar-refractivity contribution >= 4 is 17.7 Å². The van der Waals surface area contributed by atoms with Crippen molar-refractivity contribution in [1.29, 1.82) is 0 Å². The first-order chi connectivity index (χ1) is 12.7. The number of carbonyl (C=O) groups is 1. The van der Waals surface area contributed by atoms with E-state index in [0.29, 0.717) is 12.3 Å². The maximum Gasteiger partial charge on any atom is 0.233 e. The molecular weight excluding hydrogens is 352 g/mol. The summed E-state index contributed by atoms with van der Waals surface area (Å²) in [5.41, 5.74) is 0.938. The van der Waals surface area contributed by atoms with Crippen molar-refractivity contribution in [2.24, 2.45) is 0 Å². The molecular formula is C18H24N4O3S. The topological polar surface area (TPSA) is 73.4 Å². The zero-order valence-electron chi connectivity index (χ0n) is 15.0. The van der Waals surface area contributed by atoms with Gasteiger partial charge < -0.3 is 14.1 Å². The second-order valence-electron chi connectivity index (χ2n) is 6.82. The Morgan fingerprint density at radius 1 is 1.31 bits per heavy atom. The SMILES string of the molecule is Cc1occc1-c1nnc(SCC(=O)N2CCCC2)n1C[C@@H]1CCCO1. The molecule has 2 aliphatic heterocycles. The van der Waals surface area contributed by atoms with Crippen molar-refractivity contribution in [3.05, 3.63) is 18.1 Å². The summed E-state index contributed by atoms with van der Waals surface area (Å²) in [7, 11) is 0. The zero-order valence-corrected chi connectivity index (χ0v) is 15.8. The molecule has 0 aliphatic carbocycles. The van der Waals surface area contributed by atoms with Gasteiger partial charge in [-0.25, -0.2) is 0 Å². The van der Waals surface area contributed by atoms with Crippen LogP contribution in [0.1, 0.15) is 31.4 Å². The Bertz CT molecular complexity index is 760. The summed E-state index contributed by atoms with van der Waals surface area (Å²) in [4.78, 5) is 14.3. The van der Waals surface area contributed by atoms with Crippen molar-refractivity contribution in [2.75, 3.05) is 25.4 Å². The third kappa shape index (κ3) is 3.66.